The molecule has 0 fully saturated rings. The molecule has 0 saturated heterocycles. The van der Waals surface area contributed by atoms with Gasteiger partial charge in [-0.25, -0.2) is 4.39 Å². The summed E-state index contributed by atoms with van der Waals surface area (Å²) in [5.74, 6) is -2.48. The summed E-state index contributed by atoms with van der Waals surface area (Å²) >= 11 is 0. The van der Waals surface area contributed by atoms with Crippen molar-refractivity contribution in [2.45, 2.75) is 26.3 Å². The first-order valence-electron chi connectivity index (χ1n) is 7.25. The molecule has 7 heteroatoms. The first kappa shape index (κ1) is 18.6. The largest absolute Gasteiger partial charge is 0.481 e. The Hall–Kier alpha value is -2.44. The van der Waals surface area contributed by atoms with E-state index < -0.39 is 23.7 Å². The van der Waals surface area contributed by atoms with Gasteiger partial charge in [0.05, 0.1) is 6.42 Å². The molecule has 0 heterocycles. The van der Waals surface area contributed by atoms with Gasteiger partial charge in [-0.3, -0.25) is 14.4 Å². The summed E-state index contributed by atoms with van der Waals surface area (Å²) in [6.07, 6.45) is -0.168. The Labute approximate surface area is 134 Å². The maximum absolute atomic E-state index is 12.9. The minimum absolute atomic E-state index is 0.0593. The van der Waals surface area contributed by atoms with Crippen LogP contribution in [0.25, 0.3) is 0 Å². The maximum Gasteiger partial charge on any atom is 0.305 e. The molecule has 1 atom stereocenters. The minimum Gasteiger partial charge on any atom is -0.481 e. The topological polar surface area (TPSA) is 86.7 Å². The van der Waals surface area contributed by atoms with Gasteiger partial charge in [-0.05, 0) is 30.2 Å². The van der Waals surface area contributed by atoms with Crippen molar-refractivity contribution in [1.82, 2.24) is 10.2 Å². The Balaban J connectivity index is 2.77. The maximum atomic E-state index is 12.9. The van der Waals surface area contributed by atoms with Crippen LogP contribution in [0.5, 0.6) is 0 Å². The van der Waals surface area contributed by atoms with E-state index >= 15 is 0 Å². The number of hydrogen-bond donors (Lipinski definition) is 2. The van der Waals surface area contributed by atoms with Crippen LogP contribution < -0.4 is 5.32 Å². The molecule has 126 valence electrons. The van der Waals surface area contributed by atoms with Crippen LogP contribution in [0.3, 0.4) is 0 Å². The van der Waals surface area contributed by atoms with Gasteiger partial charge >= 0.3 is 5.97 Å². The van der Waals surface area contributed by atoms with Gasteiger partial charge in [-0.1, -0.05) is 13.8 Å². The number of carbonyl (C=O) groups is 3. The average molecular weight is 324 g/mol. The van der Waals surface area contributed by atoms with E-state index in [1.54, 1.807) is 13.8 Å². The molecule has 0 saturated carbocycles. The zero-order valence-corrected chi connectivity index (χ0v) is 13.4. The monoisotopic (exact) mass is 324 g/mol. The molecule has 2 amide bonds. The Morgan fingerprint density at radius 2 is 1.78 bits per heavy atom. The van der Waals surface area contributed by atoms with Crippen molar-refractivity contribution in [3.63, 3.8) is 0 Å². The van der Waals surface area contributed by atoms with Crippen molar-refractivity contribution in [2.75, 3.05) is 13.6 Å². The number of halogens is 1. The fourth-order valence-electron chi connectivity index (χ4n) is 1.95. The number of nitrogens with one attached hydrogen (secondary N) is 1. The zero-order valence-electron chi connectivity index (χ0n) is 13.4. The van der Waals surface area contributed by atoms with Crippen LogP contribution in [-0.2, 0) is 9.59 Å². The second-order valence-electron chi connectivity index (χ2n) is 5.61. The van der Waals surface area contributed by atoms with Gasteiger partial charge in [-0.15, -0.1) is 0 Å². The van der Waals surface area contributed by atoms with Crippen LogP contribution in [0.2, 0.25) is 0 Å². The first-order valence-corrected chi connectivity index (χ1v) is 7.25. The predicted octanol–water partition coefficient (Wildman–Crippen LogP) is 1.51. The molecule has 2 N–H and O–H groups in total. The number of carboxylic acids is 1. The van der Waals surface area contributed by atoms with Crippen LogP contribution >= 0.6 is 0 Å². The van der Waals surface area contributed by atoms with Gasteiger partial charge in [-0.2, -0.15) is 0 Å². The predicted molar refractivity (Wildman–Crippen MR) is 82.4 cm³/mol. The number of likely N-dealkylation sites (N-methyl/N-ethyl adjacent to an activating group) is 1. The molecular formula is C16H21FN2O4. The summed E-state index contributed by atoms with van der Waals surface area (Å²) in [6, 6.07) is 4.22. The number of carboxylic acid groups (broad SMARTS) is 1. The third-order valence-electron chi connectivity index (χ3n) is 3.36. The molecule has 1 unspecified atom stereocenters. The van der Waals surface area contributed by atoms with Gasteiger partial charge in [0.15, 0.2) is 0 Å². The van der Waals surface area contributed by atoms with Crippen LogP contribution in [0.15, 0.2) is 24.3 Å². The number of aliphatic carboxylic acids is 1. The molecule has 0 aromatic heterocycles. The van der Waals surface area contributed by atoms with E-state index in [9.17, 15) is 18.8 Å². The molecule has 1 aromatic carbocycles. The highest BCUT2D eigenvalue weighted by Crippen LogP contribution is 2.09. The van der Waals surface area contributed by atoms with Gasteiger partial charge < -0.3 is 15.3 Å². The number of carbonyl (C=O) groups excluding carboxylic acids is 2. The van der Waals surface area contributed by atoms with Crippen LogP contribution in [-0.4, -0.2) is 47.4 Å². The number of hydrogen-bond acceptors (Lipinski definition) is 3. The second kappa shape index (κ2) is 8.26. The van der Waals surface area contributed by atoms with Gasteiger partial charge in [0.25, 0.3) is 5.91 Å². The fraction of sp³-hybridized carbons (Fsp3) is 0.438. The molecule has 0 bridgehead atoms. The average Bonchev–Trinajstić information content (AvgIpc) is 2.49. The zero-order chi connectivity index (χ0) is 17.6. The van der Waals surface area contributed by atoms with Crippen molar-refractivity contribution >= 4 is 17.8 Å². The SMILES string of the molecule is CC(C)C(NC(=O)c1ccc(F)cc1)C(=O)N(C)CCC(=O)O. The van der Waals surface area contributed by atoms with E-state index in [0.717, 1.165) is 0 Å². The van der Waals surface area contributed by atoms with E-state index in [1.165, 1.54) is 36.2 Å². The first-order chi connectivity index (χ1) is 10.7. The highest BCUT2D eigenvalue weighted by Gasteiger charge is 2.27. The molecule has 6 nitrogen and oxygen atoms in total. The van der Waals surface area contributed by atoms with E-state index in [2.05, 4.69) is 5.32 Å². The number of rotatable bonds is 7. The van der Waals surface area contributed by atoms with Crippen molar-refractivity contribution in [3.8, 4) is 0 Å². The highest BCUT2D eigenvalue weighted by molar-refractivity contribution is 5.97. The normalized spacial score (nSPS) is 11.9. The number of amides is 2. The lowest BCUT2D eigenvalue weighted by Gasteiger charge is -2.26. The summed E-state index contributed by atoms with van der Waals surface area (Å²) in [7, 11) is 1.49. The molecule has 0 aliphatic heterocycles. The summed E-state index contributed by atoms with van der Waals surface area (Å²) in [6.45, 7) is 3.61. The Kier molecular flexibility index (Phi) is 6.68. The van der Waals surface area contributed by atoms with E-state index in [-0.39, 0.29) is 30.4 Å². The second-order valence-corrected chi connectivity index (χ2v) is 5.61. The molecule has 1 rings (SSSR count). The molecule has 0 aliphatic carbocycles. The third kappa shape index (κ3) is 5.69. The molecule has 0 aliphatic rings. The summed E-state index contributed by atoms with van der Waals surface area (Å²) in [4.78, 5) is 36.4. The van der Waals surface area contributed by atoms with Crippen molar-refractivity contribution in [2.24, 2.45) is 5.92 Å². The highest BCUT2D eigenvalue weighted by atomic mass is 19.1. The van der Waals surface area contributed by atoms with E-state index in [0.29, 0.717) is 0 Å². The lowest BCUT2D eigenvalue weighted by Crippen LogP contribution is -2.50. The Morgan fingerprint density at radius 3 is 2.26 bits per heavy atom. The van der Waals surface area contributed by atoms with Crippen LogP contribution in [0.4, 0.5) is 4.39 Å². The summed E-state index contributed by atoms with van der Waals surface area (Å²) in [5, 5.41) is 11.3. The lowest BCUT2D eigenvalue weighted by molar-refractivity contribution is -0.138. The van der Waals surface area contributed by atoms with Gasteiger partial charge in [0.2, 0.25) is 5.91 Å². The smallest absolute Gasteiger partial charge is 0.305 e. The molecular weight excluding hydrogens is 303 g/mol. The Bertz CT molecular complexity index is 572. The molecule has 0 radical (unpaired) electrons. The van der Waals surface area contributed by atoms with Gasteiger partial charge in [0, 0.05) is 19.2 Å². The van der Waals surface area contributed by atoms with Crippen LogP contribution in [0, 0.1) is 11.7 Å². The fourth-order valence-corrected chi connectivity index (χ4v) is 1.95. The minimum atomic E-state index is -0.999. The molecule has 23 heavy (non-hydrogen) atoms. The molecule has 1 aromatic rings. The summed E-state index contributed by atoms with van der Waals surface area (Å²) in [5.41, 5.74) is 0.248. The van der Waals surface area contributed by atoms with E-state index in [4.69, 9.17) is 5.11 Å². The van der Waals surface area contributed by atoms with Gasteiger partial charge in [0.1, 0.15) is 11.9 Å². The summed E-state index contributed by atoms with van der Waals surface area (Å²) < 4.78 is 12.9. The van der Waals surface area contributed by atoms with Crippen molar-refractivity contribution in [1.29, 1.82) is 0 Å². The Morgan fingerprint density at radius 1 is 1.22 bits per heavy atom. The lowest BCUT2D eigenvalue weighted by atomic mass is 10.0. The number of nitrogens with zero attached hydrogens (tertiary/aromatic N) is 1. The third-order valence-corrected chi connectivity index (χ3v) is 3.36. The number of benzene rings is 1. The molecule has 0 spiro atoms. The van der Waals surface area contributed by atoms with Crippen molar-refractivity contribution < 1.29 is 23.9 Å². The quantitative estimate of drug-likeness (QED) is 0.796. The van der Waals surface area contributed by atoms with Crippen LogP contribution in [0.1, 0.15) is 30.6 Å². The van der Waals surface area contributed by atoms with E-state index in [1.807, 2.05) is 0 Å². The van der Waals surface area contributed by atoms with Crippen molar-refractivity contribution in [3.05, 3.63) is 35.6 Å². The standard InChI is InChI=1S/C16H21FN2O4/c1-10(2)14(16(23)19(3)9-8-13(20)21)18-15(22)11-4-6-12(17)7-5-11/h4-7,10,14H,8-9H2,1-3H3,(H,18,22)(H,20,21).